The summed E-state index contributed by atoms with van der Waals surface area (Å²) in [4.78, 5) is 13.8. The molecule has 92 valence electrons. The second kappa shape index (κ2) is 5.19. The average Bonchev–Trinajstić information content (AvgIpc) is 2.55. The summed E-state index contributed by atoms with van der Waals surface area (Å²) >= 11 is 1.54. The fourth-order valence-corrected chi connectivity index (χ4v) is 2.66. The smallest absolute Gasteiger partial charge is 0.308 e. The van der Waals surface area contributed by atoms with E-state index in [4.69, 9.17) is 10.4 Å². The van der Waals surface area contributed by atoms with Crippen LogP contribution < -0.4 is 4.90 Å². The SMILES string of the molecule is Cc1sc(N(C)CC(C)C(=O)O)c(C#N)c1C. The number of carboxylic acids is 1. The predicted octanol–water partition coefficient (Wildman–Crippen LogP) is 2.39. The molecule has 0 amide bonds. The molecular formula is C12H16N2O2S. The molecule has 0 saturated carbocycles. The second-order valence-corrected chi connectivity index (χ2v) is 5.40. The number of rotatable bonds is 4. The van der Waals surface area contributed by atoms with Crippen LogP contribution >= 0.6 is 11.3 Å². The van der Waals surface area contributed by atoms with Gasteiger partial charge >= 0.3 is 5.97 Å². The molecule has 1 aromatic rings. The molecule has 0 aliphatic carbocycles. The van der Waals surface area contributed by atoms with Gasteiger partial charge in [-0.25, -0.2) is 0 Å². The molecule has 1 rings (SSSR count). The molecule has 0 saturated heterocycles. The van der Waals surface area contributed by atoms with E-state index in [1.165, 1.54) is 11.3 Å². The Morgan fingerprint density at radius 2 is 2.18 bits per heavy atom. The summed E-state index contributed by atoms with van der Waals surface area (Å²) in [5.74, 6) is -1.27. The normalized spacial score (nSPS) is 11.9. The molecule has 1 heterocycles. The van der Waals surface area contributed by atoms with Gasteiger partial charge in [0.15, 0.2) is 0 Å². The Morgan fingerprint density at radius 3 is 2.65 bits per heavy atom. The monoisotopic (exact) mass is 252 g/mol. The highest BCUT2D eigenvalue weighted by Gasteiger charge is 2.19. The molecule has 4 nitrogen and oxygen atoms in total. The number of carboxylic acid groups (broad SMARTS) is 1. The van der Waals surface area contributed by atoms with Crippen molar-refractivity contribution in [1.29, 1.82) is 5.26 Å². The number of nitriles is 1. The molecule has 0 bridgehead atoms. The number of hydrogen-bond acceptors (Lipinski definition) is 4. The summed E-state index contributed by atoms with van der Waals surface area (Å²) in [5.41, 5.74) is 1.65. The van der Waals surface area contributed by atoms with Crippen LogP contribution in [-0.2, 0) is 4.79 Å². The molecule has 5 heteroatoms. The summed E-state index contributed by atoms with van der Waals surface area (Å²) in [6, 6.07) is 2.19. The first-order valence-corrected chi connectivity index (χ1v) is 6.14. The molecule has 1 atom stereocenters. The van der Waals surface area contributed by atoms with Gasteiger partial charge in [0, 0.05) is 18.5 Å². The first-order chi connectivity index (χ1) is 7.88. The summed E-state index contributed by atoms with van der Waals surface area (Å²) in [7, 11) is 1.82. The van der Waals surface area contributed by atoms with E-state index in [1.54, 1.807) is 6.92 Å². The second-order valence-electron chi connectivity index (χ2n) is 4.20. The van der Waals surface area contributed by atoms with Gasteiger partial charge in [0.25, 0.3) is 0 Å². The van der Waals surface area contributed by atoms with E-state index in [0.717, 1.165) is 15.4 Å². The lowest BCUT2D eigenvalue weighted by Gasteiger charge is -2.20. The van der Waals surface area contributed by atoms with E-state index in [2.05, 4.69) is 6.07 Å². The van der Waals surface area contributed by atoms with Crippen LogP contribution in [0.3, 0.4) is 0 Å². The third-order valence-electron chi connectivity index (χ3n) is 2.79. The zero-order valence-electron chi connectivity index (χ0n) is 10.4. The van der Waals surface area contributed by atoms with Gasteiger partial charge in [-0.3, -0.25) is 4.79 Å². The molecule has 0 aromatic carbocycles. The molecule has 1 unspecified atom stereocenters. The van der Waals surface area contributed by atoms with Gasteiger partial charge in [0.2, 0.25) is 0 Å². The van der Waals surface area contributed by atoms with Crippen molar-refractivity contribution in [1.82, 2.24) is 0 Å². The molecule has 1 N–H and O–H groups in total. The van der Waals surface area contributed by atoms with Crippen LogP contribution in [0.5, 0.6) is 0 Å². The first kappa shape index (κ1) is 13.5. The van der Waals surface area contributed by atoms with Crippen LogP contribution in [0.25, 0.3) is 0 Å². The van der Waals surface area contributed by atoms with E-state index < -0.39 is 11.9 Å². The third-order valence-corrected chi connectivity index (χ3v) is 4.12. The minimum absolute atomic E-state index is 0.406. The number of aryl methyl sites for hydroxylation is 1. The summed E-state index contributed by atoms with van der Waals surface area (Å²) in [6.45, 7) is 5.96. The first-order valence-electron chi connectivity index (χ1n) is 5.32. The van der Waals surface area contributed by atoms with Gasteiger partial charge in [-0.05, 0) is 19.4 Å². The Labute approximate surface area is 105 Å². The Kier molecular flexibility index (Phi) is 4.13. The van der Waals surface area contributed by atoms with Crippen molar-refractivity contribution in [2.75, 3.05) is 18.5 Å². The lowest BCUT2D eigenvalue weighted by atomic mass is 10.1. The Hall–Kier alpha value is -1.54. The molecule has 0 fully saturated rings. The third kappa shape index (κ3) is 2.77. The lowest BCUT2D eigenvalue weighted by Crippen LogP contribution is -2.28. The summed E-state index contributed by atoms with van der Waals surface area (Å²) in [5, 5.41) is 18.9. The van der Waals surface area contributed by atoms with E-state index in [9.17, 15) is 4.79 Å². The molecule has 17 heavy (non-hydrogen) atoms. The zero-order valence-corrected chi connectivity index (χ0v) is 11.3. The minimum Gasteiger partial charge on any atom is -0.481 e. The van der Waals surface area contributed by atoms with Crippen molar-refractivity contribution in [3.8, 4) is 6.07 Å². The Morgan fingerprint density at radius 1 is 1.59 bits per heavy atom. The summed E-state index contributed by atoms with van der Waals surface area (Å²) in [6.07, 6.45) is 0. The Bertz CT molecular complexity index is 474. The van der Waals surface area contributed by atoms with Crippen LogP contribution in [-0.4, -0.2) is 24.7 Å². The highest BCUT2D eigenvalue weighted by Crippen LogP contribution is 2.34. The molecule has 0 radical (unpaired) electrons. The number of hydrogen-bond donors (Lipinski definition) is 1. The number of aliphatic carboxylic acids is 1. The largest absolute Gasteiger partial charge is 0.481 e. The van der Waals surface area contributed by atoms with Gasteiger partial charge in [-0.1, -0.05) is 6.92 Å². The van der Waals surface area contributed by atoms with Crippen LogP contribution in [0, 0.1) is 31.1 Å². The van der Waals surface area contributed by atoms with Gasteiger partial charge in [-0.15, -0.1) is 11.3 Å². The van der Waals surface area contributed by atoms with E-state index in [-0.39, 0.29) is 0 Å². The standard InChI is InChI=1S/C12H16N2O2S/c1-7(12(15)16)6-14(4)11-10(5-13)8(2)9(3)17-11/h7H,6H2,1-4H3,(H,15,16). The van der Waals surface area contributed by atoms with Crippen molar-refractivity contribution in [2.24, 2.45) is 5.92 Å². The van der Waals surface area contributed by atoms with E-state index >= 15 is 0 Å². The summed E-state index contributed by atoms with van der Waals surface area (Å²) < 4.78 is 0. The van der Waals surface area contributed by atoms with E-state index in [0.29, 0.717) is 12.1 Å². The fraction of sp³-hybridized carbons (Fsp3) is 0.500. The number of anilines is 1. The van der Waals surface area contributed by atoms with Crippen molar-refractivity contribution in [3.63, 3.8) is 0 Å². The molecule has 0 aliphatic rings. The van der Waals surface area contributed by atoms with Crippen molar-refractivity contribution in [2.45, 2.75) is 20.8 Å². The molecular weight excluding hydrogens is 236 g/mol. The highest BCUT2D eigenvalue weighted by molar-refractivity contribution is 7.16. The maximum atomic E-state index is 10.8. The van der Waals surface area contributed by atoms with Crippen LogP contribution in [0.1, 0.15) is 22.9 Å². The average molecular weight is 252 g/mol. The van der Waals surface area contributed by atoms with Crippen molar-refractivity contribution in [3.05, 3.63) is 16.0 Å². The van der Waals surface area contributed by atoms with Gasteiger partial charge < -0.3 is 10.0 Å². The van der Waals surface area contributed by atoms with Crippen molar-refractivity contribution >= 4 is 22.3 Å². The van der Waals surface area contributed by atoms with Crippen LogP contribution in [0.15, 0.2) is 0 Å². The van der Waals surface area contributed by atoms with E-state index in [1.807, 2.05) is 25.8 Å². The quantitative estimate of drug-likeness (QED) is 0.893. The van der Waals surface area contributed by atoms with Gasteiger partial charge in [-0.2, -0.15) is 5.26 Å². The molecule has 0 spiro atoms. The molecule has 0 aliphatic heterocycles. The maximum absolute atomic E-state index is 10.8. The maximum Gasteiger partial charge on any atom is 0.308 e. The Balaban J connectivity index is 2.97. The number of nitrogens with zero attached hydrogens (tertiary/aromatic N) is 2. The lowest BCUT2D eigenvalue weighted by molar-refractivity contribution is -0.140. The van der Waals surface area contributed by atoms with Crippen LogP contribution in [0.2, 0.25) is 0 Å². The minimum atomic E-state index is -0.819. The van der Waals surface area contributed by atoms with Gasteiger partial charge in [0.05, 0.1) is 11.5 Å². The zero-order chi connectivity index (χ0) is 13.2. The van der Waals surface area contributed by atoms with Crippen LogP contribution in [0.4, 0.5) is 5.00 Å². The van der Waals surface area contributed by atoms with Gasteiger partial charge in [0.1, 0.15) is 11.1 Å². The van der Waals surface area contributed by atoms with Crippen molar-refractivity contribution < 1.29 is 9.90 Å². The fourth-order valence-electron chi connectivity index (χ4n) is 1.58. The molecule has 1 aromatic heterocycles. The topological polar surface area (TPSA) is 64.3 Å². The number of thiophene rings is 1. The number of carbonyl (C=O) groups is 1. The predicted molar refractivity (Wildman–Crippen MR) is 68.6 cm³/mol. The highest BCUT2D eigenvalue weighted by atomic mass is 32.1.